The number of benzene rings is 2. The third-order valence-electron chi connectivity index (χ3n) is 4.99. The van der Waals surface area contributed by atoms with Crippen LogP contribution in [-0.4, -0.2) is 38.7 Å². The van der Waals surface area contributed by atoms with E-state index in [1.54, 1.807) is 4.90 Å². The van der Waals surface area contributed by atoms with Gasteiger partial charge in [-0.25, -0.2) is 8.78 Å². The Kier molecular flexibility index (Phi) is 6.02. The maximum atomic E-state index is 13.9. The topological polar surface area (TPSA) is 48.0 Å². The number of ether oxygens (including phenoxy) is 3. The van der Waals surface area contributed by atoms with Gasteiger partial charge < -0.3 is 19.1 Å². The van der Waals surface area contributed by atoms with Gasteiger partial charge in [-0.05, 0) is 42.2 Å². The Morgan fingerprint density at radius 2 is 1.71 bits per heavy atom. The van der Waals surface area contributed by atoms with Crippen LogP contribution in [0, 0.1) is 17.6 Å². The van der Waals surface area contributed by atoms with Gasteiger partial charge in [-0.2, -0.15) is 0 Å². The number of carbonyl (C=O) groups excluding carboxylic acids is 1. The lowest BCUT2D eigenvalue weighted by atomic mass is 9.97. The van der Waals surface area contributed by atoms with Gasteiger partial charge in [0, 0.05) is 25.1 Å². The van der Waals surface area contributed by atoms with Crippen molar-refractivity contribution in [3.05, 3.63) is 53.1 Å². The van der Waals surface area contributed by atoms with Crippen molar-refractivity contribution >= 4 is 5.91 Å². The molecular weight excluding hydrogens is 368 g/mol. The first-order valence-corrected chi connectivity index (χ1v) is 8.98. The minimum atomic E-state index is -0.622. The van der Waals surface area contributed by atoms with Crippen molar-refractivity contribution in [2.45, 2.75) is 19.4 Å². The molecule has 1 saturated heterocycles. The SMILES string of the molecule is COc1cc(CN2CCC(Cc3ccc(F)cc3F)C2=O)cc(OC)c1OC. The van der Waals surface area contributed by atoms with Crippen LogP contribution in [0.15, 0.2) is 30.3 Å². The number of halogens is 2. The Morgan fingerprint density at radius 1 is 1.04 bits per heavy atom. The van der Waals surface area contributed by atoms with Crippen molar-refractivity contribution in [3.63, 3.8) is 0 Å². The summed E-state index contributed by atoms with van der Waals surface area (Å²) in [4.78, 5) is 14.5. The summed E-state index contributed by atoms with van der Waals surface area (Å²) in [6.45, 7) is 0.959. The molecule has 0 saturated carbocycles. The molecule has 0 bridgehead atoms. The average molecular weight is 391 g/mol. The lowest BCUT2D eigenvalue weighted by Crippen LogP contribution is -2.27. The highest BCUT2D eigenvalue weighted by Crippen LogP contribution is 2.39. The van der Waals surface area contributed by atoms with Gasteiger partial charge in [-0.15, -0.1) is 0 Å². The lowest BCUT2D eigenvalue weighted by Gasteiger charge is -2.19. The van der Waals surface area contributed by atoms with E-state index in [-0.39, 0.29) is 18.2 Å². The second kappa shape index (κ2) is 8.46. The predicted octanol–water partition coefficient (Wildman–Crippen LogP) is 3.58. The highest BCUT2D eigenvalue weighted by atomic mass is 19.1. The molecule has 7 heteroatoms. The molecule has 1 heterocycles. The van der Waals surface area contributed by atoms with Crippen LogP contribution in [0.2, 0.25) is 0 Å². The second-order valence-electron chi connectivity index (χ2n) is 6.72. The minimum Gasteiger partial charge on any atom is -0.493 e. The van der Waals surface area contributed by atoms with E-state index in [0.29, 0.717) is 42.3 Å². The van der Waals surface area contributed by atoms with E-state index in [0.717, 1.165) is 11.6 Å². The fourth-order valence-corrected chi connectivity index (χ4v) is 3.55. The molecule has 28 heavy (non-hydrogen) atoms. The summed E-state index contributed by atoms with van der Waals surface area (Å²) in [5, 5.41) is 0. The van der Waals surface area contributed by atoms with Gasteiger partial charge in [0.05, 0.1) is 21.3 Å². The first-order chi connectivity index (χ1) is 13.5. The van der Waals surface area contributed by atoms with Crippen LogP contribution < -0.4 is 14.2 Å². The van der Waals surface area contributed by atoms with Crippen LogP contribution in [0.3, 0.4) is 0 Å². The number of hydrogen-bond donors (Lipinski definition) is 0. The van der Waals surface area contributed by atoms with Crippen molar-refractivity contribution in [2.24, 2.45) is 5.92 Å². The maximum Gasteiger partial charge on any atom is 0.226 e. The van der Waals surface area contributed by atoms with Gasteiger partial charge in [-0.1, -0.05) is 6.07 Å². The number of methoxy groups -OCH3 is 3. The maximum absolute atomic E-state index is 13.9. The van der Waals surface area contributed by atoms with E-state index >= 15 is 0 Å². The van der Waals surface area contributed by atoms with E-state index in [2.05, 4.69) is 0 Å². The number of rotatable bonds is 7. The summed E-state index contributed by atoms with van der Waals surface area (Å²) in [5.74, 6) is -0.0635. The molecule has 0 spiro atoms. The lowest BCUT2D eigenvalue weighted by molar-refractivity contribution is -0.131. The Balaban J connectivity index is 1.73. The standard InChI is InChI=1S/C21H23F2NO4/c1-26-18-8-13(9-19(27-2)20(18)28-3)12-24-7-6-15(21(24)25)10-14-4-5-16(22)11-17(14)23/h4-5,8-9,11,15H,6-7,10,12H2,1-3H3. The van der Waals surface area contributed by atoms with Crippen LogP contribution in [-0.2, 0) is 17.8 Å². The van der Waals surface area contributed by atoms with E-state index in [9.17, 15) is 13.6 Å². The Labute approximate surface area is 162 Å². The third kappa shape index (κ3) is 4.03. The Morgan fingerprint density at radius 3 is 2.29 bits per heavy atom. The second-order valence-corrected chi connectivity index (χ2v) is 6.72. The molecule has 1 fully saturated rings. The number of amides is 1. The molecule has 0 radical (unpaired) electrons. The molecule has 150 valence electrons. The van der Waals surface area contributed by atoms with Crippen LogP contribution in [0.25, 0.3) is 0 Å². The largest absolute Gasteiger partial charge is 0.493 e. The minimum absolute atomic E-state index is 0.0440. The van der Waals surface area contributed by atoms with Crippen molar-refractivity contribution in [2.75, 3.05) is 27.9 Å². The molecule has 0 aliphatic carbocycles. The summed E-state index contributed by atoms with van der Waals surface area (Å²) in [6.07, 6.45) is 0.886. The number of nitrogens with zero attached hydrogens (tertiary/aromatic N) is 1. The molecule has 5 nitrogen and oxygen atoms in total. The predicted molar refractivity (Wildman–Crippen MR) is 99.7 cm³/mol. The monoisotopic (exact) mass is 391 g/mol. The Bertz CT molecular complexity index is 846. The van der Waals surface area contributed by atoms with E-state index in [1.807, 2.05) is 12.1 Å². The highest BCUT2D eigenvalue weighted by molar-refractivity contribution is 5.81. The van der Waals surface area contributed by atoms with Gasteiger partial charge in [0.2, 0.25) is 11.7 Å². The van der Waals surface area contributed by atoms with E-state index in [1.165, 1.54) is 33.5 Å². The first-order valence-electron chi connectivity index (χ1n) is 8.98. The zero-order valence-electron chi connectivity index (χ0n) is 16.1. The molecule has 2 aromatic rings. The molecule has 0 aromatic heterocycles. The molecule has 3 rings (SSSR count). The number of carbonyl (C=O) groups is 1. The number of hydrogen-bond acceptors (Lipinski definition) is 4. The quantitative estimate of drug-likeness (QED) is 0.724. The number of likely N-dealkylation sites (tertiary alicyclic amines) is 1. The average Bonchev–Trinajstić information content (AvgIpc) is 3.02. The van der Waals surface area contributed by atoms with Crippen molar-refractivity contribution in [1.82, 2.24) is 4.90 Å². The molecular formula is C21H23F2NO4. The van der Waals surface area contributed by atoms with Crippen LogP contribution in [0.4, 0.5) is 8.78 Å². The highest BCUT2D eigenvalue weighted by Gasteiger charge is 2.32. The van der Waals surface area contributed by atoms with Crippen LogP contribution >= 0.6 is 0 Å². The van der Waals surface area contributed by atoms with Gasteiger partial charge in [0.25, 0.3) is 0 Å². The normalized spacial score (nSPS) is 16.4. The van der Waals surface area contributed by atoms with Crippen molar-refractivity contribution in [1.29, 1.82) is 0 Å². The molecule has 1 unspecified atom stereocenters. The van der Waals surface area contributed by atoms with Crippen molar-refractivity contribution < 1.29 is 27.8 Å². The van der Waals surface area contributed by atoms with E-state index < -0.39 is 11.6 Å². The summed E-state index contributed by atoms with van der Waals surface area (Å²) in [6, 6.07) is 7.08. The van der Waals surface area contributed by atoms with Crippen LogP contribution in [0.1, 0.15) is 17.5 Å². The summed E-state index contributed by atoms with van der Waals surface area (Å²) < 4.78 is 43.0. The molecule has 1 aliphatic rings. The molecule has 0 N–H and O–H groups in total. The zero-order chi connectivity index (χ0) is 20.3. The molecule has 2 aromatic carbocycles. The fourth-order valence-electron chi connectivity index (χ4n) is 3.55. The smallest absolute Gasteiger partial charge is 0.226 e. The summed E-state index contributed by atoms with van der Waals surface area (Å²) in [7, 11) is 4.61. The van der Waals surface area contributed by atoms with Crippen molar-refractivity contribution in [3.8, 4) is 17.2 Å². The van der Waals surface area contributed by atoms with Crippen LogP contribution in [0.5, 0.6) is 17.2 Å². The third-order valence-corrected chi connectivity index (χ3v) is 4.99. The van der Waals surface area contributed by atoms with Gasteiger partial charge >= 0.3 is 0 Å². The summed E-state index contributed by atoms with van der Waals surface area (Å²) >= 11 is 0. The first kappa shape index (κ1) is 19.9. The fraction of sp³-hybridized carbons (Fsp3) is 0.381. The molecule has 1 amide bonds. The van der Waals surface area contributed by atoms with Gasteiger partial charge in [0.1, 0.15) is 11.6 Å². The van der Waals surface area contributed by atoms with Gasteiger partial charge in [0.15, 0.2) is 11.5 Å². The molecule has 1 atom stereocenters. The van der Waals surface area contributed by atoms with Gasteiger partial charge in [-0.3, -0.25) is 4.79 Å². The zero-order valence-corrected chi connectivity index (χ0v) is 16.1. The Hall–Kier alpha value is -2.83. The molecule has 1 aliphatic heterocycles. The summed E-state index contributed by atoms with van der Waals surface area (Å²) in [5.41, 5.74) is 1.20. The van der Waals surface area contributed by atoms with E-state index in [4.69, 9.17) is 14.2 Å².